The van der Waals surface area contributed by atoms with Gasteiger partial charge in [0, 0.05) is 40.9 Å². The fourth-order valence-corrected chi connectivity index (χ4v) is 6.52. The summed E-state index contributed by atoms with van der Waals surface area (Å²) in [7, 11) is -4.00. The molecule has 5 N–H and O–H groups in total. The van der Waals surface area contributed by atoms with Crippen LogP contribution in [0.15, 0.2) is 53.4 Å². The molecule has 0 aliphatic heterocycles. The van der Waals surface area contributed by atoms with Crippen LogP contribution in [0.3, 0.4) is 0 Å². The minimum absolute atomic E-state index is 0.0119. The SMILES string of the molecule is CCN(CC)CCNC(=O)c1c(C)[nH]c2c1CCC=C2c1c(O)[nH]c2ccc(S(=O)(=O)Nc3ccc(F)cc3)cc12. The molecule has 0 spiro atoms. The van der Waals surface area contributed by atoms with Crippen LogP contribution >= 0.6 is 0 Å². The molecule has 2 aromatic heterocycles. The van der Waals surface area contributed by atoms with Crippen molar-refractivity contribution in [2.45, 2.75) is 38.5 Å². The van der Waals surface area contributed by atoms with E-state index in [1.165, 1.54) is 36.4 Å². The second-order valence-electron chi connectivity index (χ2n) is 10.1. The van der Waals surface area contributed by atoms with Gasteiger partial charge >= 0.3 is 0 Å². The van der Waals surface area contributed by atoms with Crippen LogP contribution in [-0.4, -0.2) is 60.5 Å². The summed E-state index contributed by atoms with van der Waals surface area (Å²) in [5, 5.41) is 14.5. The summed E-state index contributed by atoms with van der Waals surface area (Å²) in [6, 6.07) is 9.57. The van der Waals surface area contributed by atoms with Gasteiger partial charge in [-0.2, -0.15) is 0 Å². The minimum atomic E-state index is -4.00. The van der Waals surface area contributed by atoms with Crippen molar-refractivity contribution in [3.63, 3.8) is 0 Å². The number of aryl methyl sites for hydroxylation is 1. The van der Waals surface area contributed by atoms with Crippen molar-refractivity contribution in [3.8, 4) is 5.88 Å². The molecule has 9 nitrogen and oxygen atoms in total. The fourth-order valence-electron chi connectivity index (χ4n) is 5.44. The number of allylic oxidation sites excluding steroid dienone is 1. The topological polar surface area (TPSA) is 130 Å². The van der Waals surface area contributed by atoms with Gasteiger partial charge in [0.05, 0.1) is 21.7 Å². The third-order valence-corrected chi connectivity index (χ3v) is 8.94. The lowest BCUT2D eigenvalue weighted by atomic mass is 9.89. The summed E-state index contributed by atoms with van der Waals surface area (Å²) < 4.78 is 42.1. The Labute approximate surface area is 238 Å². The number of carbonyl (C=O) groups excluding carboxylic acids is 1. The van der Waals surface area contributed by atoms with Crippen LogP contribution in [0, 0.1) is 12.7 Å². The first-order valence-electron chi connectivity index (χ1n) is 13.7. The van der Waals surface area contributed by atoms with Gasteiger partial charge in [-0.3, -0.25) is 9.52 Å². The Morgan fingerprint density at radius 2 is 1.83 bits per heavy atom. The quantitative estimate of drug-likeness (QED) is 0.183. The Morgan fingerprint density at radius 1 is 1.10 bits per heavy atom. The van der Waals surface area contributed by atoms with Crippen LogP contribution in [0.25, 0.3) is 16.5 Å². The first-order valence-corrected chi connectivity index (χ1v) is 15.2. The normalized spacial score (nSPS) is 13.3. The lowest BCUT2D eigenvalue weighted by Crippen LogP contribution is -2.35. The molecular formula is C30H34FN5O4S. The van der Waals surface area contributed by atoms with Gasteiger partial charge in [0.2, 0.25) is 0 Å². The van der Waals surface area contributed by atoms with Gasteiger partial charge in [0.1, 0.15) is 5.82 Å². The van der Waals surface area contributed by atoms with E-state index in [0.717, 1.165) is 36.6 Å². The average molecular weight is 580 g/mol. The molecule has 5 rings (SSSR count). The summed E-state index contributed by atoms with van der Waals surface area (Å²) in [5.41, 5.74) is 4.88. The highest BCUT2D eigenvalue weighted by molar-refractivity contribution is 7.92. The Balaban J connectivity index is 1.48. The van der Waals surface area contributed by atoms with Gasteiger partial charge in [0.25, 0.3) is 15.9 Å². The summed E-state index contributed by atoms with van der Waals surface area (Å²) in [4.78, 5) is 21.8. The number of carbonyl (C=O) groups is 1. The van der Waals surface area contributed by atoms with Gasteiger partial charge in [0.15, 0.2) is 5.88 Å². The van der Waals surface area contributed by atoms with Crippen molar-refractivity contribution in [2.24, 2.45) is 0 Å². The molecule has 1 aliphatic carbocycles. The summed E-state index contributed by atoms with van der Waals surface area (Å²) in [6.07, 6.45) is 3.29. The molecule has 2 aromatic carbocycles. The Kier molecular flexibility index (Phi) is 7.92. The molecule has 41 heavy (non-hydrogen) atoms. The smallest absolute Gasteiger partial charge is 0.261 e. The van der Waals surface area contributed by atoms with E-state index in [0.29, 0.717) is 47.0 Å². The molecule has 11 heteroatoms. The zero-order valence-electron chi connectivity index (χ0n) is 23.3. The molecule has 0 saturated carbocycles. The summed E-state index contributed by atoms with van der Waals surface area (Å²) >= 11 is 0. The van der Waals surface area contributed by atoms with E-state index in [-0.39, 0.29) is 22.4 Å². The number of rotatable bonds is 10. The highest BCUT2D eigenvalue weighted by Crippen LogP contribution is 2.42. The number of nitrogens with zero attached hydrogens (tertiary/aromatic N) is 1. The summed E-state index contributed by atoms with van der Waals surface area (Å²) in [5.74, 6) is -0.712. The minimum Gasteiger partial charge on any atom is -0.494 e. The molecule has 0 atom stereocenters. The molecule has 0 saturated heterocycles. The number of fused-ring (bicyclic) bond motifs is 2. The molecular weight excluding hydrogens is 545 g/mol. The van der Waals surface area contributed by atoms with Crippen LogP contribution in [0.4, 0.5) is 10.1 Å². The Bertz CT molecular complexity index is 1730. The molecule has 0 unspecified atom stereocenters. The number of amides is 1. The number of hydrogen-bond donors (Lipinski definition) is 5. The van der Waals surface area contributed by atoms with E-state index in [1.807, 2.05) is 13.0 Å². The maximum Gasteiger partial charge on any atom is 0.261 e. The van der Waals surface area contributed by atoms with Crippen molar-refractivity contribution in [2.75, 3.05) is 30.9 Å². The first kappa shape index (κ1) is 28.4. The molecule has 2 heterocycles. The number of aromatic hydroxyl groups is 1. The van der Waals surface area contributed by atoms with Crippen molar-refractivity contribution >= 4 is 38.1 Å². The first-order chi connectivity index (χ1) is 19.6. The standard InChI is InChI=1S/C30H34FN5O4S/c1-4-36(5-2)16-15-32-29(37)26-18(3)33-28-22(26)7-6-8-23(28)27-24-17-21(13-14-25(24)34-30(27)38)41(39,40)35-20-11-9-19(31)10-12-20/h8-14,17,33-35,38H,4-7,15-16H2,1-3H3,(H,32,37). The molecule has 4 aromatic rings. The van der Waals surface area contributed by atoms with E-state index in [1.54, 1.807) is 6.07 Å². The molecule has 1 amide bonds. The van der Waals surface area contributed by atoms with Crippen LogP contribution in [0.2, 0.25) is 0 Å². The van der Waals surface area contributed by atoms with Gasteiger partial charge in [-0.1, -0.05) is 19.9 Å². The van der Waals surface area contributed by atoms with E-state index >= 15 is 0 Å². The maximum atomic E-state index is 13.3. The number of aromatic nitrogens is 2. The number of H-pyrrole nitrogens is 2. The number of likely N-dealkylation sites (N-methyl/N-ethyl adjacent to an activating group) is 1. The largest absolute Gasteiger partial charge is 0.494 e. The highest BCUT2D eigenvalue weighted by atomic mass is 32.2. The van der Waals surface area contributed by atoms with Gasteiger partial charge < -0.3 is 25.3 Å². The average Bonchev–Trinajstić information content (AvgIpc) is 3.46. The molecule has 0 fully saturated rings. The Hall–Kier alpha value is -4.09. The summed E-state index contributed by atoms with van der Waals surface area (Å²) in [6.45, 7) is 9.17. The number of halogens is 1. The zero-order valence-corrected chi connectivity index (χ0v) is 24.1. The van der Waals surface area contributed by atoms with E-state index in [4.69, 9.17) is 0 Å². The monoisotopic (exact) mass is 579 g/mol. The molecule has 0 bridgehead atoms. The Morgan fingerprint density at radius 3 is 2.54 bits per heavy atom. The predicted octanol–water partition coefficient (Wildman–Crippen LogP) is 4.90. The van der Waals surface area contributed by atoms with Crippen LogP contribution < -0.4 is 10.0 Å². The van der Waals surface area contributed by atoms with Crippen molar-refractivity contribution in [1.82, 2.24) is 20.2 Å². The van der Waals surface area contributed by atoms with Gasteiger partial charge in [-0.15, -0.1) is 0 Å². The second-order valence-corrected chi connectivity index (χ2v) is 11.8. The number of anilines is 1. The lowest BCUT2D eigenvalue weighted by molar-refractivity contribution is 0.0947. The second kappa shape index (κ2) is 11.4. The van der Waals surface area contributed by atoms with Gasteiger partial charge in [-0.25, -0.2) is 12.8 Å². The van der Waals surface area contributed by atoms with Gasteiger partial charge in [-0.05, 0) is 80.9 Å². The number of sulfonamides is 1. The molecule has 0 radical (unpaired) electrons. The third kappa shape index (κ3) is 5.59. The van der Waals surface area contributed by atoms with Crippen LogP contribution in [0.1, 0.15) is 53.1 Å². The van der Waals surface area contributed by atoms with Crippen LogP contribution in [-0.2, 0) is 16.4 Å². The van der Waals surface area contributed by atoms with Crippen molar-refractivity contribution in [1.29, 1.82) is 0 Å². The fraction of sp³-hybridized carbons (Fsp3) is 0.300. The van der Waals surface area contributed by atoms with Crippen LogP contribution in [0.5, 0.6) is 5.88 Å². The molecule has 216 valence electrons. The zero-order chi connectivity index (χ0) is 29.3. The van der Waals surface area contributed by atoms with E-state index in [9.17, 15) is 22.7 Å². The predicted molar refractivity (Wildman–Crippen MR) is 158 cm³/mol. The number of hydrogen-bond acceptors (Lipinski definition) is 5. The van der Waals surface area contributed by atoms with Crippen molar-refractivity contribution < 1.29 is 22.7 Å². The lowest BCUT2D eigenvalue weighted by Gasteiger charge is -2.18. The van der Waals surface area contributed by atoms with E-state index < -0.39 is 15.8 Å². The number of benzene rings is 2. The van der Waals surface area contributed by atoms with Crippen molar-refractivity contribution in [3.05, 3.63) is 82.4 Å². The maximum absolute atomic E-state index is 13.3. The third-order valence-electron chi connectivity index (χ3n) is 7.56. The number of aromatic amines is 2. The highest BCUT2D eigenvalue weighted by Gasteiger charge is 2.28. The number of nitrogens with one attached hydrogen (secondary N) is 4. The molecule has 1 aliphatic rings. The van der Waals surface area contributed by atoms with E-state index in [2.05, 4.69) is 38.8 Å².